The van der Waals surface area contributed by atoms with E-state index >= 15 is 0 Å². The second-order valence-electron chi connectivity index (χ2n) is 5.70. The third-order valence-corrected chi connectivity index (χ3v) is 4.80. The van der Waals surface area contributed by atoms with Gasteiger partial charge in [-0.15, -0.1) is 11.3 Å². The first-order valence-electron chi connectivity index (χ1n) is 7.70. The van der Waals surface area contributed by atoms with Crippen LogP contribution in [0.25, 0.3) is 10.2 Å². The molecule has 0 atom stereocenters. The number of amides is 4. The van der Waals surface area contributed by atoms with E-state index in [1.165, 1.54) is 7.11 Å². The molecule has 8 nitrogen and oxygen atoms in total. The van der Waals surface area contributed by atoms with Gasteiger partial charge in [-0.2, -0.15) is 0 Å². The zero-order valence-corrected chi connectivity index (χ0v) is 14.8. The van der Waals surface area contributed by atoms with Crippen LogP contribution in [-0.4, -0.2) is 71.5 Å². The van der Waals surface area contributed by atoms with E-state index in [2.05, 4.69) is 4.98 Å². The third kappa shape index (κ3) is 3.53. The van der Waals surface area contributed by atoms with Crippen molar-refractivity contribution in [2.75, 3.05) is 34.0 Å². The Morgan fingerprint density at radius 1 is 1.16 bits per heavy atom. The molecule has 2 aromatic rings. The number of rotatable bonds is 7. The van der Waals surface area contributed by atoms with Crippen LogP contribution in [0, 0.1) is 0 Å². The summed E-state index contributed by atoms with van der Waals surface area (Å²) in [6.45, 7) is 0.767. The summed E-state index contributed by atoms with van der Waals surface area (Å²) in [4.78, 5) is 44.4. The summed E-state index contributed by atoms with van der Waals surface area (Å²) in [5.41, 5.74) is 0.921. The molecular weight excluding hydrogens is 344 g/mol. The van der Waals surface area contributed by atoms with Crippen LogP contribution >= 0.6 is 11.3 Å². The van der Waals surface area contributed by atoms with Crippen molar-refractivity contribution in [1.82, 2.24) is 19.7 Å². The molecule has 0 radical (unpaired) electrons. The van der Waals surface area contributed by atoms with Crippen molar-refractivity contribution in [3.63, 3.8) is 0 Å². The molecule has 1 aromatic carbocycles. The van der Waals surface area contributed by atoms with Crippen LogP contribution in [-0.2, 0) is 20.9 Å². The van der Waals surface area contributed by atoms with Gasteiger partial charge in [-0.3, -0.25) is 19.4 Å². The molecule has 0 N–H and O–H groups in total. The molecule has 1 aliphatic rings. The monoisotopic (exact) mass is 362 g/mol. The van der Waals surface area contributed by atoms with Crippen LogP contribution in [0.4, 0.5) is 4.79 Å². The van der Waals surface area contributed by atoms with Crippen molar-refractivity contribution in [1.29, 1.82) is 0 Å². The van der Waals surface area contributed by atoms with Gasteiger partial charge in [0.2, 0.25) is 0 Å². The van der Waals surface area contributed by atoms with Gasteiger partial charge in [-0.25, -0.2) is 14.7 Å². The van der Waals surface area contributed by atoms with Gasteiger partial charge in [-0.1, -0.05) is 12.1 Å². The number of hydrogen-bond donors (Lipinski definition) is 0. The molecule has 25 heavy (non-hydrogen) atoms. The minimum Gasteiger partial charge on any atom is -0.383 e. The normalized spacial score (nSPS) is 15.2. The third-order valence-electron chi connectivity index (χ3n) is 3.78. The van der Waals surface area contributed by atoms with E-state index in [1.54, 1.807) is 23.3 Å². The number of carbonyl (C=O) groups is 3. The molecular formula is C16H18N4O4S. The van der Waals surface area contributed by atoms with Crippen molar-refractivity contribution >= 4 is 39.4 Å². The summed E-state index contributed by atoms with van der Waals surface area (Å²) in [6.07, 6.45) is 0. The van der Waals surface area contributed by atoms with E-state index in [-0.39, 0.29) is 19.8 Å². The summed E-state index contributed by atoms with van der Waals surface area (Å²) in [6, 6.07) is 7.21. The Labute approximate surface area is 148 Å². The second-order valence-corrected chi connectivity index (χ2v) is 6.81. The number of carbonyl (C=O) groups excluding carboxylic acids is 3. The Hall–Kier alpha value is -2.36. The fourth-order valence-electron chi connectivity index (χ4n) is 2.56. The number of aromatic nitrogens is 1. The number of thiazole rings is 1. The minimum absolute atomic E-state index is 0.0306. The van der Waals surface area contributed by atoms with Gasteiger partial charge >= 0.3 is 17.8 Å². The zero-order chi connectivity index (χ0) is 18.0. The summed E-state index contributed by atoms with van der Waals surface area (Å²) in [7, 11) is 3.24. The van der Waals surface area contributed by atoms with E-state index in [9.17, 15) is 14.4 Å². The molecule has 0 saturated carbocycles. The average molecular weight is 362 g/mol. The lowest BCUT2D eigenvalue weighted by atomic mass is 10.3. The molecule has 1 aromatic heterocycles. The van der Waals surface area contributed by atoms with Crippen LogP contribution in [0.1, 0.15) is 5.01 Å². The van der Waals surface area contributed by atoms with E-state index < -0.39 is 17.8 Å². The van der Waals surface area contributed by atoms with Gasteiger partial charge in [0.1, 0.15) is 5.01 Å². The van der Waals surface area contributed by atoms with Crippen molar-refractivity contribution in [3.8, 4) is 0 Å². The number of methoxy groups -OCH3 is 1. The van der Waals surface area contributed by atoms with Crippen LogP contribution in [0.2, 0.25) is 0 Å². The molecule has 4 amide bonds. The molecule has 9 heteroatoms. The predicted octanol–water partition coefficient (Wildman–Crippen LogP) is 1.12. The Bertz CT molecular complexity index is 788. The number of nitrogens with zero attached hydrogens (tertiary/aromatic N) is 4. The molecule has 0 aliphatic carbocycles. The van der Waals surface area contributed by atoms with Crippen molar-refractivity contribution < 1.29 is 19.1 Å². The van der Waals surface area contributed by atoms with Gasteiger partial charge in [0.25, 0.3) is 0 Å². The van der Waals surface area contributed by atoms with Crippen LogP contribution < -0.4 is 0 Å². The Morgan fingerprint density at radius 3 is 2.60 bits per heavy atom. The highest BCUT2D eigenvalue weighted by atomic mass is 32.1. The quantitative estimate of drug-likeness (QED) is 0.542. The van der Waals surface area contributed by atoms with E-state index in [0.717, 1.165) is 25.0 Å². The predicted molar refractivity (Wildman–Crippen MR) is 91.8 cm³/mol. The minimum atomic E-state index is -0.810. The summed E-state index contributed by atoms with van der Waals surface area (Å²) < 4.78 is 5.95. The first kappa shape index (κ1) is 17.5. The van der Waals surface area contributed by atoms with Gasteiger partial charge in [0.05, 0.1) is 36.6 Å². The Morgan fingerprint density at radius 2 is 1.88 bits per heavy atom. The number of imide groups is 2. The molecule has 2 heterocycles. The van der Waals surface area contributed by atoms with Gasteiger partial charge in [0.15, 0.2) is 0 Å². The fraction of sp³-hybridized carbons (Fsp3) is 0.375. The standard InChI is InChI=1S/C16H18N4O4S/c1-18(9-13-17-11-5-3-4-6-12(11)25-13)10-20-15(22)14(21)19(16(20)23)7-8-24-2/h3-6H,7-10H2,1-2H3. The number of hydrogen-bond acceptors (Lipinski definition) is 7. The van der Waals surface area contributed by atoms with Gasteiger partial charge in [0, 0.05) is 7.11 Å². The maximum atomic E-state index is 12.3. The summed E-state index contributed by atoms with van der Waals surface area (Å²) in [5, 5.41) is 0.880. The molecule has 1 saturated heterocycles. The molecule has 0 spiro atoms. The van der Waals surface area contributed by atoms with E-state index in [4.69, 9.17) is 4.74 Å². The fourth-order valence-corrected chi connectivity index (χ4v) is 3.61. The maximum absolute atomic E-state index is 12.3. The van der Waals surface area contributed by atoms with Crippen LogP contribution in [0.3, 0.4) is 0 Å². The van der Waals surface area contributed by atoms with Crippen LogP contribution in [0.5, 0.6) is 0 Å². The molecule has 1 aliphatic heterocycles. The second kappa shape index (κ2) is 7.26. The number of ether oxygens (including phenoxy) is 1. The number of benzene rings is 1. The summed E-state index contributed by atoms with van der Waals surface area (Å²) in [5.74, 6) is -1.62. The highest BCUT2D eigenvalue weighted by Gasteiger charge is 2.44. The smallest absolute Gasteiger partial charge is 0.335 e. The number of fused-ring (bicyclic) bond motifs is 1. The lowest BCUT2D eigenvalue weighted by Crippen LogP contribution is -2.41. The summed E-state index contributed by atoms with van der Waals surface area (Å²) >= 11 is 1.56. The first-order chi connectivity index (χ1) is 12.0. The van der Waals surface area contributed by atoms with E-state index in [1.807, 2.05) is 24.3 Å². The molecule has 132 valence electrons. The molecule has 1 fully saturated rings. The molecule has 3 rings (SSSR count). The highest BCUT2D eigenvalue weighted by molar-refractivity contribution is 7.18. The topological polar surface area (TPSA) is 83.1 Å². The van der Waals surface area contributed by atoms with E-state index in [0.29, 0.717) is 6.54 Å². The average Bonchev–Trinajstić information content (AvgIpc) is 3.08. The Kier molecular flexibility index (Phi) is 5.07. The zero-order valence-electron chi connectivity index (χ0n) is 14.0. The Balaban J connectivity index is 1.65. The first-order valence-corrected chi connectivity index (χ1v) is 8.52. The van der Waals surface area contributed by atoms with Crippen LogP contribution in [0.15, 0.2) is 24.3 Å². The highest BCUT2D eigenvalue weighted by Crippen LogP contribution is 2.22. The van der Waals surface area contributed by atoms with Crippen molar-refractivity contribution in [2.24, 2.45) is 0 Å². The SMILES string of the molecule is COCCN1C(=O)C(=O)N(CN(C)Cc2nc3ccccc3s2)C1=O. The lowest BCUT2D eigenvalue weighted by Gasteiger charge is -2.21. The molecule has 0 unspecified atom stereocenters. The lowest BCUT2D eigenvalue weighted by molar-refractivity contribution is -0.144. The molecule has 0 bridgehead atoms. The van der Waals surface area contributed by atoms with Gasteiger partial charge in [-0.05, 0) is 19.2 Å². The largest absolute Gasteiger partial charge is 0.383 e. The maximum Gasteiger partial charge on any atom is 0.335 e. The van der Waals surface area contributed by atoms with Crippen molar-refractivity contribution in [3.05, 3.63) is 29.3 Å². The van der Waals surface area contributed by atoms with Crippen molar-refractivity contribution in [2.45, 2.75) is 6.54 Å². The number of urea groups is 1. The number of para-hydroxylation sites is 1. The van der Waals surface area contributed by atoms with Gasteiger partial charge < -0.3 is 4.74 Å².